The van der Waals surface area contributed by atoms with E-state index in [1.165, 1.54) is 17.3 Å². The Morgan fingerprint density at radius 3 is 2.55 bits per heavy atom. The van der Waals surface area contributed by atoms with Crippen LogP contribution in [0.5, 0.6) is 0 Å². The zero-order chi connectivity index (χ0) is 14.5. The van der Waals surface area contributed by atoms with Gasteiger partial charge in [-0.25, -0.2) is 4.39 Å². The molecule has 0 saturated carbocycles. The maximum Gasteiger partial charge on any atom is 0.128 e. The van der Waals surface area contributed by atoms with E-state index in [2.05, 4.69) is 18.9 Å². The molecule has 0 unspecified atom stereocenters. The van der Waals surface area contributed by atoms with Gasteiger partial charge in [0.1, 0.15) is 5.82 Å². The van der Waals surface area contributed by atoms with Gasteiger partial charge in [0.05, 0.1) is 12.2 Å². The molecule has 1 aromatic carbocycles. The number of aryl methyl sites for hydroxylation is 1. The molecule has 2 rings (SSSR count). The van der Waals surface area contributed by atoms with Gasteiger partial charge >= 0.3 is 0 Å². The van der Waals surface area contributed by atoms with Gasteiger partial charge in [-0.1, -0.05) is 32.0 Å². The quantitative estimate of drug-likeness (QED) is 0.881. The Balaban J connectivity index is 2.39. The lowest BCUT2D eigenvalue weighted by Gasteiger charge is -2.08. The first-order valence-electron chi connectivity index (χ1n) is 7.22. The average molecular weight is 275 g/mol. The molecule has 0 aliphatic carbocycles. The minimum atomic E-state index is -0.177. The molecule has 4 heteroatoms. The average Bonchev–Trinajstić information content (AvgIpc) is 2.79. The van der Waals surface area contributed by atoms with E-state index in [1.807, 2.05) is 16.8 Å². The lowest BCUT2D eigenvalue weighted by Crippen LogP contribution is -2.09. The van der Waals surface area contributed by atoms with Crippen molar-refractivity contribution in [3.63, 3.8) is 0 Å². The molecule has 0 bridgehead atoms. The lowest BCUT2D eigenvalue weighted by atomic mass is 10.1. The smallest absolute Gasteiger partial charge is 0.128 e. The minimum Gasteiger partial charge on any atom is -0.330 e. The van der Waals surface area contributed by atoms with E-state index in [1.54, 1.807) is 6.07 Å². The Kier molecular flexibility index (Phi) is 4.90. The normalized spacial score (nSPS) is 11.0. The van der Waals surface area contributed by atoms with Crippen molar-refractivity contribution in [1.29, 1.82) is 0 Å². The van der Waals surface area contributed by atoms with E-state index < -0.39 is 0 Å². The predicted octanol–water partition coefficient (Wildman–Crippen LogP) is 2.70. The van der Waals surface area contributed by atoms with Crippen molar-refractivity contribution < 1.29 is 4.39 Å². The van der Waals surface area contributed by atoms with E-state index in [0.29, 0.717) is 18.7 Å². The second-order valence-electron chi connectivity index (χ2n) is 4.87. The van der Waals surface area contributed by atoms with Gasteiger partial charge in [-0.05, 0) is 37.4 Å². The Morgan fingerprint density at radius 2 is 1.95 bits per heavy atom. The van der Waals surface area contributed by atoms with E-state index in [4.69, 9.17) is 5.73 Å². The molecule has 0 fully saturated rings. The molecule has 2 N–H and O–H groups in total. The van der Waals surface area contributed by atoms with Crippen LogP contribution in [0.2, 0.25) is 0 Å². The van der Waals surface area contributed by atoms with Crippen LogP contribution in [0.4, 0.5) is 4.39 Å². The second-order valence-corrected chi connectivity index (χ2v) is 4.87. The highest BCUT2D eigenvalue weighted by Crippen LogP contribution is 2.19. The summed E-state index contributed by atoms with van der Waals surface area (Å²) in [5.74, 6) is -0.177. The highest BCUT2D eigenvalue weighted by Gasteiger charge is 2.15. The molecule has 0 amide bonds. The standard InChI is InChI=1S/C16H22FN3/c1-3-15-13(9-10-18)16(4-2)20(19-15)11-12-7-5-6-8-14(12)17/h5-8H,3-4,9-11,18H2,1-2H3. The van der Waals surface area contributed by atoms with Crippen LogP contribution in [0.3, 0.4) is 0 Å². The van der Waals surface area contributed by atoms with Crippen LogP contribution in [-0.2, 0) is 25.8 Å². The Hall–Kier alpha value is -1.68. The van der Waals surface area contributed by atoms with Crippen molar-refractivity contribution in [3.8, 4) is 0 Å². The summed E-state index contributed by atoms with van der Waals surface area (Å²) in [5, 5.41) is 4.65. The maximum atomic E-state index is 13.8. The Bertz CT molecular complexity index is 575. The summed E-state index contributed by atoms with van der Waals surface area (Å²) in [4.78, 5) is 0. The summed E-state index contributed by atoms with van der Waals surface area (Å²) >= 11 is 0. The molecular weight excluding hydrogens is 253 g/mol. The zero-order valence-corrected chi connectivity index (χ0v) is 12.2. The van der Waals surface area contributed by atoms with E-state index >= 15 is 0 Å². The topological polar surface area (TPSA) is 43.8 Å². The fourth-order valence-electron chi connectivity index (χ4n) is 2.62. The van der Waals surface area contributed by atoms with Crippen LogP contribution in [0.15, 0.2) is 24.3 Å². The molecule has 20 heavy (non-hydrogen) atoms. The maximum absolute atomic E-state index is 13.8. The van der Waals surface area contributed by atoms with Gasteiger partial charge in [-0.2, -0.15) is 5.10 Å². The van der Waals surface area contributed by atoms with Crippen molar-refractivity contribution in [2.45, 2.75) is 39.7 Å². The molecule has 0 aliphatic rings. The highest BCUT2D eigenvalue weighted by atomic mass is 19.1. The van der Waals surface area contributed by atoms with Gasteiger partial charge in [0.25, 0.3) is 0 Å². The number of hydrogen-bond acceptors (Lipinski definition) is 2. The van der Waals surface area contributed by atoms with Crippen LogP contribution >= 0.6 is 0 Å². The van der Waals surface area contributed by atoms with Gasteiger partial charge in [-0.3, -0.25) is 4.68 Å². The number of aromatic nitrogens is 2. The van der Waals surface area contributed by atoms with Crippen molar-refractivity contribution >= 4 is 0 Å². The third kappa shape index (κ3) is 2.90. The fourth-order valence-corrected chi connectivity index (χ4v) is 2.62. The lowest BCUT2D eigenvalue weighted by molar-refractivity contribution is 0.573. The number of nitrogens with zero attached hydrogens (tertiary/aromatic N) is 2. The van der Waals surface area contributed by atoms with Crippen molar-refractivity contribution in [2.75, 3.05) is 6.54 Å². The molecule has 0 aliphatic heterocycles. The molecule has 1 heterocycles. The van der Waals surface area contributed by atoms with Gasteiger partial charge in [0.2, 0.25) is 0 Å². The monoisotopic (exact) mass is 275 g/mol. The van der Waals surface area contributed by atoms with E-state index in [0.717, 1.165) is 25.0 Å². The van der Waals surface area contributed by atoms with E-state index in [-0.39, 0.29) is 5.82 Å². The highest BCUT2D eigenvalue weighted by molar-refractivity contribution is 5.28. The first kappa shape index (κ1) is 14.7. The van der Waals surface area contributed by atoms with Crippen LogP contribution in [0, 0.1) is 5.82 Å². The van der Waals surface area contributed by atoms with Gasteiger partial charge < -0.3 is 5.73 Å². The van der Waals surface area contributed by atoms with Gasteiger partial charge in [0, 0.05) is 11.3 Å². The molecule has 0 radical (unpaired) electrons. The molecule has 0 atom stereocenters. The number of benzene rings is 1. The molecule has 2 aromatic rings. The predicted molar refractivity (Wildman–Crippen MR) is 79.2 cm³/mol. The van der Waals surface area contributed by atoms with Crippen molar-refractivity contribution in [3.05, 3.63) is 52.6 Å². The number of halogens is 1. The number of nitrogens with two attached hydrogens (primary N) is 1. The van der Waals surface area contributed by atoms with Crippen LogP contribution in [0.1, 0.15) is 36.4 Å². The molecule has 108 valence electrons. The zero-order valence-electron chi connectivity index (χ0n) is 12.2. The van der Waals surface area contributed by atoms with Crippen LogP contribution in [-0.4, -0.2) is 16.3 Å². The Labute approximate surface area is 119 Å². The molecule has 1 aromatic heterocycles. The Morgan fingerprint density at radius 1 is 1.20 bits per heavy atom. The molecule has 0 saturated heterocycles. The number of rotatable bonds is 6. The summed E-state index contributed by atoms with van der Waals surface area (Å²) in [6.45, 7) is 5.29. The molecule has 0 spiro atoms. The SMILES string of the molecule is CCc1nn(Cc2ccccc2F)c(CC)c1CCN. The minimum absolute atomic E-state index is 0.177. The summed E-state index contributed by atoms with van der Waals surface area (Å²) < 4.78 is 15.7. The van der Waals surface area contributed by atoms with Gasteiger partial charge in [-0.15, -0.1) is 0 Å². The summed E-state index contributed by atoms with van der Waals surface area (Å²) in [6.07, 6.45) is 2.60. The van der Waals surface area contributed by atoms with Gasteiger partial charge in [0.15, 0.2) is 0 Å². The number of hydrogen-bond donors (Lipinski definition) is 1. The first-order chi connectivity index (χ1) is 9.71. The van der Waals surface area contributed by atoms with Crippen LogP contribution < -0.4 is 5.73 Å². The first-order valence-corrected chi connectivity index (χ1v) is 7.22. The van der Waals surface area contributed by atoms with E-state index in [9.17, 15) is 4.39 Å². The van der Waals surface area contributed by atoms with Crippen molar-refractivity contribution in [2.24, 2.45) is 5.73 Å². The summed E-state index contributed by atoms with van der Waals surface area (Å²) in [6, 6.07) is 6.87. The largest absolute Gasteiger partial charge is 0.330 e. The fraction of sp³-hybridized carbons (Fsp3) is 0.438. The molecule has 3 nitrogen and oxygen atoms in total. The summed E-state index contributed by atoms with van der Waals surface area (Å²) in [5.41, 5.74) is 9.88. The molecular formula is C16H22FN3. The van der Waals surface area contributed by atoms with Crippen LogP contribution in [0.25, 0.3) is 0 Å². The summed E-state index contributed by atoms with van der Waals surface area (Å²) in [7, 11) is 0. The second kappa shape index (κ2) is 6.66. The third-order valence-corrected chi connectivity index (χ3v) is 3.59. The van der Waals surface area contributed by atoms with Crippen molar-refractivity contribution in [1.82, 2.24) is 9.78 Å². The third-order valence-electron chi connectivity index (χ3n) is 3.59.